The number of nitrogen functional groups attached to an aromatic ring is 1. The molecule has 0 aliphatic carbocycles. The molecule has 0 spiro atoms. The van der Waals surface area contributed by atoms with E-state index >= 15 is 0 Å². The van der Waals surface area contributed by atoms with Crippen molar-refractivity contribution in [3.63, 3.8) is 0 Å². The van der Waals surface area contributed by atoms with Gasteiger partial charge in [0.25, 0.3) is 5.56 Å². The fourth-order valence-electron chi connectivity index (χ4n) is 2.52. The molecule has 0 aliphatic rings. The summed E-state index contributed by atoms with van der Waals surface area (Å²) in [4.78, 5) is 16.2. The molecular formula is C18H15F2IN4O. The fourth-order valence-corrected chi connectivity index (χ4v) is 2.97. The third-order valence-corrected chi connectivity index (χ3v) is 4.62. The van der Waals surface area contributed by atoms with E-state index in [2.05, 4.69) is 10.3 Å². The molecule has 0 amide bonds. The topological polar surface area (TPSA) is 72.9 Å². The van der Waals surface area contributed by atoms with Gasteiger partial charge in [0.2, 0.25) is 0 Å². The highest BCUT2D eigenvalue weighted by Gasteiger charge is 2.12. The summed E-state index contributed by atoms with van der Waals surface area (Å²) < 4.78 is 30.1. The molecule has 3 rings (SSSR count). The maximum Gasteiger partial charge on any atom is 0.255 e. The predicted octanol–water partition coefficient (Wildman–Crippen LogP) is 3.58. The standard InChI is InChI=1S/C18H15F2IN4O/c1-25-15(24-14-4-3-12(21)9-13(14)19)5-2-11(18(25)26)8-10-6-7-23-17(22)16(10)20/h2-7,9,24H,8H2,1H3,(H2,22,23). The molecular weight excluding hydrogens is 453 g/mol. The van der Waals surface area contributed by atoms with Crippen LogP contribution in [0.4, 0.5) is 26.1 Å². The normalized spacial score (nSPS) is 10.8. The molecule has 2 aromatic heterocycles. The van der Waals surface area contributed by atoms with E-state index in [1.54, 1.807) is 31.3 Å². The van der Waals surface area contributed by atoms with Gasteiger partial charge in [0.1, 0.15) is 11.6 Å². The van der Waals surface area contributed by atoms with Crippen LogP contribution in [0.1, 0.15) is 11.1 Å². The van der Waals surface area contributed by atoms with Crippen molar-refractivity contribution in [2.45, 2.75) is 6.42 Å². The molecule has 0 unspecified atom stereocenters. The molecule has 0 saturated heterocycles. The molecule has 0 radical (unpaired) electrons. The van der Waals surface area contributed by atoms with Crippen molar-refractivity contribution in [3.8, 4) is 0 Å². The molecule has 0 atom stereocenters. The molecule has 8 heteroatoms. The summed E-state index contributed by atoms with van der Waals surface area (Å²) in [6.45, 7) is 0. The Kier molecular flexibility index (Phi) is 5.21. The lowest BCUT2D eigenvalue weighted by molar-refractivity contribution is 0.612. The predicted molar refractivity (Wildman–Crippen MR) is 105 cm³/mol. The van der Waals surface area contributed by atoms with Gasteiger partial charge in [-0.1, -0.05) is 0 Å². The number of anilines is 3. The van der Waals surface area contributed by atoms with E-state index in [4.69, 9.17) is 5.73 Å². The molecule has 134 valence electrons. The lowest BCUT2D eigenvalue weighted by Gasteiger charge is -2.13. The van der Waals surface area contributed by atoms with Crippen LogP contribution < -0.4 is 16.6 Å². The Balaban J connectivity index is 1.91. The molecule has 26 heavy (non-hydrogen) atoms. The van der Waals surface area contributed by atoms with Crippen molar-refractivity contribution < 1.29 is 8.78 Å². The zero-order chi connectivity index (χ0) is 18.8. The van der Waals surface area contributed by atoms with Gasteiger partial charge in [-0.15, -0.1) is 0 Å². The third-order valence-electron chi connectivity index (χ3n) is 3.95. The number of hydrogen-bond donors (Lipinski definition) is 2. The van der Waals surface area contributed by atoms with Crippen LogP contribution in [0.3, 0.4) is 0 Å². The molecule has 1 aromatic carbocycles. The lowest BCUT2D eigenvalue weighted by atomic mass is 10.1. The Morgan fingerprint density at radius 2 is 1.96 bits per heavy atom. The average Bonchev–Trinajstić information content (AvgIpc) is 2.60. The Morgan fingerprint density at radius 3 is 2.69 bits per heavy atom. The highest BCUT2D eigenvalue weighted by atomic mass is 127. The summed E-state index contributed by atoms with van der Waals surface area (Å²) in [6.07, 6.45) is 1.48. The lowest BCUT2D eigenvalue weighted by Crippen LogP contribution is -2.23. The molecule has 0 aliphatic heterocycles. The smallest absolute Gasteiger partial charge is 0.255 e. The summed E-state index contributed by atoms with van der Waals surface area (Å²) in [7, 11) is 1.57. The average molecular weight is 468 g/mol. The van der Waals surface area contributed by atoms with Gasteiger partial charge in [0.05, 0.1) is 5.69 Å². The van der Waals surface area contributed by atoms with Gasteiger partial charge in [0.15, 0.2) is 11.6 Å². The first-order valence-electron chi connectivity index (χ1n) is 7.66. The van der Waals surface area contributed by atoms with Crippen molar-refractivity contribution >= 4 is 39.9 Å². The summed E-state index contributed by atoms with van der Waals surface area (Å²) >= 11 is 2.02. The highest BCUT2D eigenvalue weighted by Crippen LogP contribution is 2.22. The molecule has 0 bridgehead atoms. The number of pyridine rings is 2. The minimum absolute atomic E-state index is 0.0867. The molecule has 0 fully saturated rings. The van der Waals surface area contributed by atoms with Gasteiger partial charge in [-0.25, -0.2) is 13.8 Å². The quantitative estimate of drug-likeness (QED) is 0.575. The van der Waals surface area contributed by atoms with Crippen LogP contribution in [-0.2, 0) is 13.5 Å². The zero-order valence-corrected chi connectivity index (χ0v) is 15.9. The minimum Gasteiger partial charge on any atom is -0.381 e. The van der Waals surface area contributed by atoms with E-state index in [0.717, 1.165) is 3.57 Å². The van der Waals surface area contributed by atoms with Gasteiger partial charge in [-0.05, 0) is 64.6 Å². The van der Waals surface area contributed by atoms with Gasteiger partial charge in [-0.2, -0.15) is 0 Å². The third kappa shape index (κ3) is 3.69. The summed E-state index contributed by atoms with van der Waals surface area (Å²) in [5, 5.41) is 2.90. The van der Waals surface area contributed by atoms with Gasteiger partial charge in [0, 0.05) is 28.8 Å². The first kappa shape index (κ1) is 18.3. The van der Waals surface area contributed by atoms with E-state index < -0.39 is 11.6 Å². The first-order chi connectivity index (χ1) is 12.4. The van der Waals surface area contributed by atoms with Crippen LogP contribution in [0.5, 0.6) is 0 Å². The van der Waals surface area contributed by atoms with E-state index in [1.807, 2.05) is 22.6 Å². The Bertz CT molecular complexity index is 1040. The SMILES string of the molecule is Cn1c(Nc2ccc(I)cc2F)ccc(Cc2ccnc(N)c2F)c1=O. The largest absolute Gasteiger partial charge is 0.381 e. The summed E-state index contributed by atoms with van der Waals surface area (Å²) in [5.41, 5.74) is 6.10. The van der Waals surface area contributed by atoms with Crippen LogP contribution in [0.15, 0.2) is 47.4 Å². The van der Waals surface area contributed by atoms with Gasteiger partial charge in [-0.3, -0.25) is 9.36 Å². The zero-order valence-electron chi connectivity index (χ0n) is 13.8. The fraction of sp³-hybridized carbons (Fsp3) is 0.111. The van der Waals surface area contributed by atoms with Crippen LogP contribution in [0.2, 0.25) is 0 Å². The maximum atomic E-state index is 14.0. The Labute approximate surface area is 162 Å². The van der Waals surface area contributed by atoms with Gasteiger partial charge < -0.3 is 11.1 Å². The van der Waals surface area contributed by atoms with Crippen LogP contribution in [0, 0.1) is 15.2 Å². The molecule has 5 nitrogen and oxygen atoms in total. The second-order valence-electron chi connectivity index (χ2n) is 5.70. The monoisotopic (exact) mass is 468 g/mol. The molecule has 2 heterocycles. The number of benzene rings is 1. The maximum absolute atomic E-state index is 14.0. The van der Waals surface area contributed by atoms with Crippen LogP contribution >= 0.6 is 22.6 Å². The van der Waals surface area contributed by atoms with E-state index in [-0.39, 0.29) is 23.5 Å². The van der Waals surface area contributed by atoms with E-state index in [0.29, 0.717) is 16.9 Å². The van der Waals surface area contributed by atoms with E-state index in [1.165, 1.54) is 22.9 Å². The van der Waals surface area contributed by atoms with Crippen molar-refractivity contribution in [1.29, 1.82) is 0 Å². The van der Waals surface area contributed by atoms with Crippen molar-refractivity contribution in [3.05, 3.63) is 79.3 Å². The van der Waals surface area contributed by atoms with Gasteiger partial charge >= 0.3 is 0 Å². The molecule has 0 saturated carbocycles. The summed E-state index contributed by atoms with van der Waals surface area (Å²) in [5.74, 6) is -0.819. The number of rotatable bonds is 4. The number of nitrogens with one attached hydrogen (secondary N) is 1. The Hall–Kier alpha value is -2.49. The summed E-state index contributed by atoms with van der Waals surface area (Å²) in [6, 6.07) is 9.48. The van der Waals surface area contributed by atoms with Crippen molar-refractivity contribution in [2.75, 3.05) is 11.1 Å². The number of nitrogens with two attached hydrogens (primary N) is 1. The van der Waals surface area contributed by atoms with Crippen LogP contribution in [-0.4, -0.2) is 9.55 Å². The van der Waals surface area contributed by atoms with Crippen molar-refractivity contribution in [2.24, 2.45) is 7.05 Å². The minimum atomic E-state index is -0.627. The Morgan fingerprint density at radius 1 is 1.19 bits per heavy atom. The second-order valence-corrected chi connectivity index (χ2v) is 6.95. The second kappa shape index (κ2) is 7.40. The van der Waals surface area contributed by atoms with E-state index in [9.17, 15) is 13.6 Å². The molecule has 3 N–H and O–H groups in total. The van der Waals surface area contributed by atoms with Crippen molar-refractivity contribution in [1.82, 2.24) is 9.55 Å². The van der Waals surface area contributed by atoms with Crippen LogP contribution in [0.25, 0.3) is 0 Å². The highest BCUT2D eigenvalue weighted by molar-refractivity contribution is 14.1. The number of hydrogen-bond acceptors (Lipinski definition) is 4. The number of halogens is 3. The first-order valence-corrected chi connectivity index (χ1v) is 8.74. The molecule has 3 aromatic rings. The number of aromatic nitrogens is 2. The number of nitrogens with zero attached hydrogens (tertiary/aromatic N) is 2.